The normalized spacial score (nSPS) is 12.8. The van der Waals surface area contributed by atoms with Crippen molar-refractivity contribution >= 4 is 0 Å². The van der Waals surface area contributed by atoms with E-state index in [9.17, 15) is 0 Å². The molecule has 0 amide bonds. The van der Waals surface area contributed by atoms with Gasteiger partial charge in [-0.1, -0.05) is 6.92 Å². The number of ether oxygens (including phenoxy) is 1. The smallest absolute Gasteiger partial charge is 0.0638 e. The van der Waals surface area contributed by atoms with Crippen molar-refractivity contribution in [2.75, 3.05) is 27.3 Å². The Morgan fingerprint density at radius 1 is 1.54 bits per heavy atom. The van der Waals surface area contributed by atoms with E-state index in [2.05, 4.69) is 24.9 Å². The van der Waals surface area contributed by atoms with E-state index < -0.39 is 0 Å². The minimum Gasteiger partial charge on any atom is -0.385 e. The topological polar surface area (TPSA) is 36.3 Å². The molecule has 0 N–H and O–H groups in total. The van der Waals surface area contributed by atoms with Crippen molar-refractivity contribution in [3.8, 4) is 6.07 Å². The first-order valence-electron chi connectivity index (χ1n) is 4.82. The quantitative estimate of drug-likeness (QED) is 0.564. The fourth-order valence-corrected chi connectivity index (χ4v) is 1.36. The van der Waals surface area contributed by atoms with Gasteiger partial charge < -0.3 is 9.64 Å². The predicted molar refractivity (Wildman–Crippen MR) is 53.4 cm³/mol. The highest BCUT2D eigenvalue weighted by Gasteiger charge is 2.10. The third-order valence-corrected chi connectivity index (χ3v) is 2.28. The van der Waals surface area contributed by atoms with Gasteiger partial charge in [0.2, 0.25) is 0 Å². The van der Waals surface area contributed by atoms with Crippen LogP contribution in [0.15, 0.2) is 0 Å². The molecule has 0 saturated heterocycles. The van der Waals surface area contributed by atoms with Crippen LogP contribution in [0.2, 0.25) is 0 Å². The summed E-state index contributed by atoms with van der Waals surface area (Å²) in [6, 6.07) is 2.62. The SMILES string of the molecule is CCC(CC#N)N(C)CCCOC. The minimum absolute atomic E-state index is 0.404. The van der Waals surface area contributed by atoms with Crippen LogP contribution >= 0.6 is 0 Å². The zero-order valence-electron chi connectivity index (χ0n) is 8.92. The minimum atomic E-state index is 0.404. The van der Waals surface area contributed by atoms with Gasteiger partial charge in [-0.05, 0) is 19.9 Å². The van der Waals surface area contributed by atoms with Crippen LogP contribution < -0.4 is 0 Å². The molecule has 0 fully saturated rings. The first-order valence-corrected chi connectivity index (χ1v) is 4.82. The molecule has 0 radical (unpaired) electrons. The number of hydrogen-bond donors (Lipinski definition) is 0. The zero-order chi connectivity index (χ0) is 10.1. The van der Waals surface area contributed by atoms with Crippen LogP contribution in [0.1, 0.15) is 26.2 Å². The van der Waals surface area contributed by atoms with Crippen molar-refractivity contribution in [3.63, 3.8) is 0 Å². The van der Waals surface area contributed by atoms with Crippen LogP contribution in [-0.2, 0) is 4.74 Å². The molecule has 1 unspecified atom stereocenters. The third-order valence-electron chi connectivity index (χ3n) is 2.28. The Morgan fingerprint density at radius 2 is 2.23 bits per heavy atom. The molecular formula is C10H20N2O. The van der Waals surface area contributed by atoms with Gasteiger partial charge in [0.05, 0.1) is 12.5 Å². The number of nitrogens with zero attached hydrogens (tertiary/aromatic N) is 2. The molecule has 0 aromatic rings. The predicted octanol–water partition coefficient (Wildman–Crippen LogP) is 1.65. The van der Waals surface area contributed by atoms with E-state index in [-0.39, 0.29) is 0 Å². The van der Waals surface area contributed by atoms with E-state index in [0.717, 1.165) is 26.0 Å². The molecule has 76 valence electrons. The lowest BCUT2D eigenvalue weighted by Crippen LogP contribution is -2.32. The Labute approximate surface area is 81.3 Å². The molecule has 3 heteroatoms. The van der Waals surface area contributed by atoms with E-state index in [4.69, 9.17) is 10.00 Å². The summed E-state index contributed by atoms with van der Waals surface area (Å²) in [6.45, 7) is 3.93. The van der Waals surface area contributed by atoms with Gasteiger partial charge in [-0.25, -0.2) is 0 Å². The molecule has 0 aliphatic rings. The lowest BCUT2D eigenvalue weighted by atomic mass is 10.1. The Kier molecular flexibility index (Phi) is 7.66. The molecule has 0 aliphatic heterocycles. The number of rotatable bonds is 7. The molecular weight excluding hydrogens is 164 g/mol. The van der Waals surface area contributed by atoms with Crippen LogP contribution in [0.5, 0.6) is 0 Å². The van der Waals surface area contributed by atoms with E-state index in [1.807, 2.05) is 0 Å². The van der Waals surface area contributed by atoms with E-state index in [1.54, 1.807) is 7.11 Å². The van der Waals surface area contributed by atoms with Crippen LogP contribution in [0.25, 0.3) is 0 Å². The molecule has 0 aromatic heterocycles. The Hall–Kier alpha value is -0.590. The van der Waals surface area contributed by atoms with Gasteiger partial charge in [0.25, 0.3) is 0 Å². The summed E-state index contributed by atoms with van der Waals surface area (Å²) in [4.78, 5) is 2.24. The largest absolute Gasteiger partial charge is 0.385 e. The molecule has 0 bridgehead atoms. The monoisotopic (exact) mass is 184 g/mol. The van der Waals surface area contributed by atoms with Crippen LogP contribution in [0, 0.1) is 11.3 Å². The van der Waals surface area contributed by atoms with Gasteiger partial charge in [0, 0.05) is 26.3 Å². The second kappa shape index (κ2) is 8.03. The van der Waals surface area contributed by atoms with Crippen molar-refractivity contribution in [2.45, 2.75) is 32.2 Å². The van der Waals surface area contributed by atoms with Crippen LogP contribution in [-0.4, -0.2) is 38.3 Å². The molecule has 0 heterocycles. The van der Waals surface area contributed by atoms with Crippen LogP contribution in [0.3, 0.4) is 0 Å². The maximum Gasteiger partial charge on any atom is 0.0638 e. The molecule has 0 spiro atoms. The van der Waals surface area contributed by atoms with Gasteiger partial charge in [-0.3, -0.25) is 0 Å². The summed E-state index contributed by atoms with van der Waals surface area (Å²) in [6.07, 6.45) is 2.70. The zero-order valence-corrected chi connectivity index (χ0v) is 8.92. The molecule has 3 nitrogen and oxygen atoms in total. The van der Waals surface area contributed by atoms with Gasteiger partial charge >= 0.3 is 0 Å². The highest BCUT2D eigenvalue weighted by Crippen LogP contribution is 2.05. The van der Waals surface area contributed by atoms with Gasteiger partial charge in [-0.15, -0.1) is 0 Å². The molecule has 0 saturated carbocycles. The van der Waals surface area contributed by atoms with Crippen molar-refractivity contribution in [3.05, 3.63) is 0 Å². The second-order valence-electron chi connectivity index (χ2n) is 3.25. The van der Waals surface area contributed by atoms with Gasteiger partial charge in [0.1, 0.15) is 0 Å². The van der Waals surface area contributed by atoms with Crippen molar-refractivity contribution < 1.29 is 4.74 Å². The van der Waals surface area contributed by atoms with Crippen LogP contribution in [0.4, 0.5) is 0 Å². The average molecular weight is 184 g/mol. The Bertz CT molecular complexity index is 153. The lowest BCUT2D eigenvalue weighted by molar-refractivity contribution is 0.164. The summed E-state index contributed by atoms with van der Waals surface area (Å²) in [5.41, 5.74) is 0. The van der Waals surface area contributed by atoms with E-state index in [1.165, 1.54) is 0 Å². The highest BCUT2D eigenvalue weighted by atomic mass is 16.5. The van der Waals surface area contributed by atoms with Crippen molar-refractivity contribution in [2.24, 2.45) is 0 Å². The Balaban J connectivity index is 3.65. The summed E-state index contributed by atoms with van der Waals surface area (Å²) < 4.78 is 4.97. The second-order valence-corrected chi connectivity index (χ2v) is 3.25. The van der Waals surface area contributed by atoms with Crippen molar-refractivity contribution in [1.82, 2.24) is 4.90 Å². The molecule has 1 atom stereocenters. The third kappa shape index (κ3) is 5.62. The fraction of sp³-hybridized carbons (Fsp3) is 0.900. The highest BCUT2D eigenvalue weighted by molar-refractivity contribution is 4.80. The van der Waals surface area contributed by atoms with Gasteiger partial charge in [-0.2, -0.15) is 5.26 Å². The lowest BCUT2D eigenvalue weighted by Gasteiger charge is -2.24. The van der Waals surface area contributed by atoms with Crippen molar-refractivity contribution in [1.29, 1.82) is 5.26 Å². The van der Waals surface area contributed by atoms with E-state index >= 15 is 0 Å². The maximum atomic E-state index is 8.59. The molecule has 0 aliphatic carbocycles. The molecule has 0 aromatic carbocycles. The van der Waals surface area contributed by atoms with E-state index in [0.29, 0.717) is 12.5 Å². The summed E-state index contributed by atoms with van der Waals surface area (Å²) >= 11 is 0. The van der Waals surface area contributed by atoms with Gasteiger partial charge in [0.15, 0.2) is 0 Å². The summed E-state index contributed by atoms with van der Waals surface area (Å²) in [5.74, 6) is 0. The summed E-state index contributed by atoms with van der Waals surface area (Å²) in [5, 5.41) is 8.59. The number of hydrogen-bond acceptors (Lipinski definition) is 3. The molecule has 13 heavy (non-hydrogen) atoms. The standard InChI is InChI=1S/C10H20N2O/c1-4-10(6-7-11)12(2)8-5-9-13-3/h10H,4-6,8-9H2,1-3H3. The average Bonchev–Trinajstić information content (AvgIpc) is 2.14. The number of methoxy groups -OCH3 is 1. The maximum absolute atomic E-state index is 8.59. The fourth-order valence-electron chi connectivity index (χ4n) is 1.36. The first-order chi connectivity index (χ1) is 6.26. The first kappa shape index (κ1) is 12.4. The number of nitriles is 1. The summed E-state index contributed by atoms with van der Waals surface area (Å²) in [7, 11) is 3.79. The molecule has 0 rings (SSSR count). The Morgan fingerprint density at radius 3 is 2.69 bits per heavy atom.